The topological polar surface area (TPSA) is 149 Å². The highest BCUT2D eigenvalue weighted by atomic mass is 35.5. The molecule has 0 bridgehead atoms. The molecule has 4 aromatic heterocycles. The van der Waals surface area contributed by atoms with Crippen LogP contribution < -0.4 is 14.2 Å². The number of nitrogens with zero attached hydrogens (tertiary/aromatic N) is 6. The van der Waals surface area contributed by atoms with Gasteiger partial charge in [0, 0.05) is 17.2 Å². The molecule has 2 aliphatic rings. The number of aromatic nitrogens is 6. The summed E-state index contributed by atoms with van der Waals surface area (Å²) >= 11 is 5.82. The summed E-state index contributed by atoms with van der Waals surface area (Å²) in [6.45, 7) is 0. The molecule has 0 unspecified atom stereocenters. The van der Waals surface area contributed by atoms with Crippen LogP contribution in [0.25, 0.3) is 33.8 Å². The van der Waals surface area contributed by atoms with Crippen molar-refractivity contribution >= 4 is 22.9 Å². The number of aliphatic hydroxyl groups excluding tert-OH is 3. The first kappa shape index (κ1) is 43.9. The molecule has 2 fully saturated rings. The van der Waals surface area contributed by atoms with Crippen LogP contribution in [0.15, 0.2) is 85.2 Å². The molecule has 2 saturated carbocycles. The Hall–Kier alpha value is -5.17. The van der Waals surface area contributed by atoms with Crippen molar-refractivity contribution in [2.75, 3.05) is 0 Å². The molecule has 0 radical (unpaired) electrons. The van der Waals surface area contributed by atoms with E-state index in [4.69, 9.17) is 26.6 Å². The molecule has 0 aliphatic heterocycles. The highest BCUT2D eigenvalue weighted by Gasteiger charge is 2.32. The Bertz CT molecular complexity index is 2230. The zero-order valence-corrected chi connectivity index (χ0v) is 30.7. The monoisotopic (exact) mass is 838 g/mol. The summed E-state index contributed by atoms with van der Waals surface area (Å²) < 4.78 is 91.0. The number of imidazole rings is 2. The predicted octanol–water partition coefficient (Wildman–Crippen LogP) is 8.84. The van der Waals surface area contributed by atoms with Gasteiger partial charge in [0.2, 0.25) is 5.88 Å². The number of aliphatic hydroxyl groups is 3. The van der Waals surface area contributed by atoms with Crippen LogP contribution in [0.4, 0.5) is 26.3 Å². The largest absolute Gasteiger partial charge is 0.573 e. The normalized spacial score (nSPS) is 19.6. The zero-order valence-electron chi connectivity index (χ0n) is 29.9. The molecule has 3 N–H and O–H groups in total. The van der Waals surface area contributed by atoms with Gasteiger partial charge >= 0.3 is 12.7 Å². The Morgan fingerprint density at radius 3 is 1.48 bits per heavy atom. The second-order valence-electron chi connectivity index (χ2n) is 13.3. The van der Waals surface area contributed by atoms with E-state index in [-0.39, 0.29) is 48.5 Å². The average Bonchev–Trinajstić information content (AvgIpc) is 3.77. The highest BCUT2D eigenvalue weighted by molar-refractivity contribution is 6.29. The van der Waals surface area contributed by atoms with Gasteiger partial charge in [0.1, 0.15) is 22.8 Å². The van der Waals surface area contributed by atoms with E-state index in [0.717, 1.165) is 38.5 Å². The van der Waals surface area contributed by atoms with Gasteiger partial charge < -0.3 is 29.5 Å². The van der Waals surface area contributed by atoms with Crippen LogP contribution in [0.1, 0.15) is 58.8 Å². The van der Waals surface area contributed by atoms with Crippen molar-refractivity contribution in [2.45, 2.75) is 95.9 Å². The molecule has 4 heterocycles. The molecule has 0 atom stereocenters. The fourth-order valence-corrected chi connectivity index (χ4v) is 6.40. The number of hydrogen-bond acceptors (Lipinski definition) is 10. The molecule has 2 aliphatic carbocycles. The average molecular weight is 839 g/mol. The fraction of sp³-hybridized carbons (Fsp3) is 0.385. The second kappa shape index (κ2) is 19.1. The molecule has 8 rings (SSSR count). The number of alkyl halides is 6. The number of benzene rings is 2. The van der Waals surface area contributed by atoms with Crippen molar-refractivity contribution in [1.29, 1.82) is 0 Å². The Kier molecular flexibility index (Phi) is 14.4. The minimum atomic E-state index is -4.76. The van der Waals surface area contributed by atoms with E-state index in [2.05, 4.69) is 29.6 Å². The van der Waals surface area contributed by atoms with E-state index >= 15 is 0 Å². The lowest BCUT2D eigenvalue weighted by Crippen LogP contribution is -2.26. The van der Waals surface area contributed by atoms with Crippen molar-refractivity contribution in [3.05, 3.63) is 90.3 Å². The molecule has 0 saturated heterocycles. The number of rotatable bonds is 6. The maximum absolute atomic E-state index is 12.5. The van der Waals surface area contributed by atoms with Gasteiger partial charge in [0.05, 0.1) is 42.1 Å². The van der Waals surface area contributed by atoms with Crippen molar-refractivity contribution in [3.63, 3.8) is 0 Å². The van der Waals surface area contributed by atoms with Gasteiger partial charge in [-0.25, -0.2) is 19.0 Å². The van der Waals surface area contributed by atoms with Crippen LogP contribution in [0, 0.1) is 0 Å². The molecule has 0 amide bonds. The van der Waals surface area contributed by atoms with Gasteiger partial charge in [-0.3, -0.25) is 0 Å². The molecule has 12 nitrogen and oxygen atoms in total. The van der Waals surface area contributed by atoms with Crippen LogP contribution in [0.2, 0.25) is 5.15 Å². The number of ether oxygens (including phenoxy) is 3. The van der Waals surface area contributed by atoms with Crippen LogP contribution >= 0.6 is 11.6 Å². The minimum absolute atomic E-state index is 0. The van der Waals surface area contributed by atoms with Crippen LogP contribution in [0.5, 0.6) is 17.4 Å². The summed E-state index contributed by atoms with van der Waals surface area (Å²) in [6, 6.07) is 17.9. The van der Waals surface area contributed by atoms with Crippen molar-refractivity contribution in [1.82, 2.24) is 29.2 Å². The third kappa shape index (κ3) is 12.4. The maximum Gasteiger partial charge on any atom is 0.573 e. The molecule has 58 heavy (non-hydrogen) atoms. The first-order chi connectivity index (χ1) is 27.1. The van der Waals surface area contributed by atoms with E-state index in [1.54, 1.807) is 36.4 Å². The Balaban J connectivity index is 0.000000188. The lowest BCUT2D eigenvalue weighted by atomic mass is 9.95. The first-order valence-corrected chi connectivity index (χ1v) is 18.2. The van der Waals surface area contributed by atoms with Crippen molar-refractivity contribution in [3.8, 4) is 39.9 Å². The van der Waals surface area contributed by atoms with E-state index in [9.17, 15) is 31.4 Å². The quantitative estimate of drug-likeness (QED) is 0.139. The van der Waals surface area contributed by atoms with Crippen molar-refractivity contribution < 1.29 is 55.9 Å². The van der Waals surface area contributed by atoms with Gasteiger partial charge in [-0.15, -0.1) is 31.4 Å². The number of hydrogen-bond donors (Lipinski definition) is 3. The summed E-state index contributed by atoms with van der Waals surface area (Å²) in [5.74, 6) is -0.221. The molecular formula is C39H41ClF6N6O6. The number of fused-ring (bicyclic) bond motifs is 2. The van der Waals surface area contributed by atoms with Crippen LogP contribution in [0.3, 0.4) is 0 Å². The van der Waals surface area contributed by atoms with Crippen molar-refractivity contribution in [2.24, 2.45) is 0 Å². The van der Waals surface area contributed by atoms with Gasteiger partial charge in [-0.05, 0) is 93.8 Å². The van der Waals surface area contributed by atoms with E-state index < -0.39 is 12.7 Å². The standard InChI is InChI=1S/C19H18F3N3O3.C13H7ClF3N3O.C6H12O2.CH4/c20-19(21,22)28-15-3-1-2-12(10-15)16-11-23-17-8-9-18(24-25(16)17)27-14-6-4-13(26)5-7-14;14-11-4-5-12-18-7-10(20(12)19-11)8-2-1-3-9(6-8)21-13(15,16)17;7-5-1-2-6(8)4-3-5;/h1-3,8-11,13-14,26H,4-7H2;1-7H;5-8H,1-4H2;1H4. The molecule has 0 spiro atoms. The van der Waals surface area contributed by atoms with Gasteiger partial charge in [0.25, 0.3) is 0 Å². The lowest BCUT2D eigenvalue weighted by Gasteiger charge is -2.25. The zero-order chi connectivity index (χ0) is 40.7. The summed E-state index contributed by atoms with van der Waals surface area (Å²) in [4.78, 5) is 8.37. The van der Waals surface area contributed by atoms with Gasteiger partial charge in [-0.2, -0.15) is 5.10 Å². The van der Waals surface area contributed by atoms with Gasteiger partial charge in [-0.1, -0.05) is 43.3 Å². The fourth-order valence-electron chi connectivity index (χ4n) is 6.26. The Morgan fingerprint density at radius 1 is 0.586 bits per heavy atom. The summed E-state index contributed by atoms with van der Waals surface area (Å²) in [5.41, 5.74) is 3.09. The molecule has 6 aromatic rings. The first-order valence-electron chi connectivity index (χ1n) is 17.9. The van der Waals surface area contributed by atoms with E-state index in [1.165, 1.54) is 57.8 Å². The summed E-state index contributed by atoms with van der Waals surface area (Å²) in [5, 5.41) is 36.2. The van der Waals surface area contributed by atoms with Crippen LogP contribution in [-0.2, 0) is 0 Å². The third-order valence-corrected chi connectivity index (χ3v) is 9.19. The number of halogens is 7. The molecule has 312 valence electrons. The van der Waals surface area contributed by atoms with E-state index in [0.29, 0.717) is 52.5 Å². The van der Waals surface area contributed by atoms with E-state index in [1.807, 2.05) is 0 Å². The molecular weight excluding hydrogens is 798 g/mol. The predicted molar refractivity (Wildman–Crippen MR) is 201 cm³/mol. The third-order valence-electron chi connectivity index (χ3n) is 8.99. The summed E-state index contributed by atoms with van der Waals surface area (Å²) in [7, 11) is 0. The molecule has 19 heteroatoms. The second-order valence-corrected chi connectivity index (χ2v) is 13.7. The highest BCUT2D eigenvalue weighted by Crippen LogP contribution is 2.31. The van der Waals surface area contributed by atoms with Crippen LogP contribution in [-0.4, -0.2) is 81.7 Å². The lowest BCUT2D eigenvalue weighted by molar-refractivity contribution is -0.275. The minimum Gasteiger partial charge on any atom is -0.473 e. The van der Waals surface area contributed by atoms with Gasteiger partial charge in [0.15, 0.2) is 11.3 Å². The molecule has 2 aromatic carbocycles. The maximum atomic E-state index is 12.5. The Morgan fingerprint density at radius 2 is 1.02 bits per heavy atom. The SMILES string of the molecule is C.FC(F)(F)Oc1cccc(-c2cnc3ccc(Cl)nn23)c1.OC1CCC(O)CC1.OC1CCC(Oc2ccc3ncc(-c4cccc(OC(F)(F)F)c4)n3n2)CC1. The Labute approximate surface area is 333 Å². The summed E-state index contributed by atoms with van der Waals surface area (Å²) in [6.07, 6.45) is -1.05. The smallest absolute Gasteiger partial charge is 0.473 e.